The molecule has 1 amide bonds. The number of pyridine rings is 1. The first kappa shape index (κ1) is 15.1. The van der Waals surface area contributed by atoms with Crippen molar-refractivity contribution in [2.75, 3.05) is 0 Å². The van der Waals surface area contributed by atoms with Crippen molar-refractivity contribution in [1.82, 2.24) is 20.5 Å². The molecule has 0 radical (unpaired) electrons. The first-order chi connectivity index (χ1) is 11.3. The van der Waals surface area contributed by atoms with Crippen LogP contribution in [-0.2, 0) is 12.8 Å². The lowest BCUT2D eigenvalue weighted by Gasteiger charge is -2.21. The van der Waals surface area contributed by atoms with Crippen molar-refractivity contribution >= 4 is 27.7 Å². The number of carbonyl (C=O) groups is 1. The molecule has 2 aliphatic rings. The second-order valence-electron chi connectivity index (χ2n) is 6.66. The first-order valence-corrected chi connectivity index (χ1v) is 8.39. The van der Waals surface area contributed by atoms with Gasteiger partial charge in [0.2, 0.25) is 0 Å². The largest absolute Gasteiger partial charge is 0.348 e. The molecule has 2 heterocycles. The van der Waals surface area contributed by atoms with E-state index in [0.29, 0.717) is 11.7 Å². The molecule has 5 heteroatoms. The van der Waals surface area contributed by atoms with E-state index < -0.39 is 0 Å². The Labute approximate surface area is 140 Å². The highest BCUT2D eigenvalue weighted by Crippen LogP contribution is 2.34. The predicted molar refractivity (Wildman–Crippen MR) is 95.3 cm³/mol. The molecule has 124 valence electrons. The molecule has 1 fully saturated rings. The molecular formula is C19H22N4O. The van der Waals surface area contributed by atoms with Gasteiger partial charge in [0.25, 0.3) is 5.91 Å². The third-order valence-corrected chi connectivity index (χ3v) is 5.02. The Bertz CT molecular complexity index is 939. The van der Waals surface area contributed by atoms with E-state index in [1.807, 2.05) is 18.3 Å². The normalized spacial score (nSPS) is 16.7. The third kappa shape index (κ3) is 2.27. The van der Waals surface area contributed by atoms with Crippen LogP contribution in [0.3, 0.4) is 0 Å². The Morgan fingerprint density at radius 1 is 1.17 bits per heavy atom. The van der Waals surface area contributed by atoms with E-state index in [4.69, 9.17) is 4.98 Å². The molecule has 2 aliphatic carbocycles. The molecule has 0 spiro atoms. The number of amides is 1. The lowest BCUT2D eigenvalue weighted by Crippen LogP contribution is -2.28. The van der Waals surface area contributed by atoms with E-state index in [0.717, 1.165) is 54.1 Å². The highest BCUT2D eigenvalue weighted by atomic mass is 16.2. The van der Waals surface area contributed by atoms with Gasteiger partial charge < -0.3 is 5.32 Å². The summed E-state index contributed by atoms with van der Waals surface area (Å²) in [5, 5.41) is 12.6. The molecular weight excluding hydrogens is 300 g/mol. The number of rotatable bonds is 2. The summed E-state index contributed by atoms with van der Waals surface area (Å²) in [7, 11) is 0. The number of carbonyl (C=O) groups excluding carboxylic acids is 1. The van der Waals surface area contributed by atoms with E-state index in [-0.39, 0.29) is 13.3 Å². The van der Waals surface area contributed by atoms with Gasteiger partial charge in [0, 0.05) is 16.8 Å². The average Bonchev–Trinajstić information content (AvgIpc) is 3.26. The van der Waals surface area contributed by atoms with Gasteiger partial charge in [-0.25, -0.2) is 4.98 Å². The Balaban J connectivity index is 0.00000146. The zero-order valence-corrected chi connectivity index (χ0v) is 12.9. The van der Waals surface area contributed by atoms with Crippen LogP contribution in [-0.4, -0.2) is 27.1 Å². The molecule has 5 rings (SSSR count). The van der Waals surface area contributed by atoms with Crippen molar-refractivity contribution < 1.29 is 4.79 Å². The van der Waals surface area contributed by atoms with Crippen molar-refractivity contribution in [2.45, 2.75) is 52.0 Å². The number of aromatic amines is 1. The summed E-state index contributed by atoms with van der Waals surface area (Å²) in [5.41, 5.74) is 5.02. The summed E-state index contributed by atoms with van der Waals surface area (Å²) >= 11 is 0. The van der Waals surface area contributed by atoms with Gasteiger partial charge in [-0.2, -0.15) is 5.10 Å². The summed E-state index contributed by atoms with van der Waals surface area (Å²) in [6, 6.07) is 4.35. The van der Waals surface area contributed by atoms with Gasteiger partial charge in [0.1, 0.15) is 5.69 Å². The van der Waals surface area contributed by atoms with E-state index in [1.54, 1.807) is 0 Å². The number of aromatic nitrogens is 3. The minimum atomic E-state index is -0.000148. The number of fused-ring (bicyclic) bond motifs is 5. The molecule has 1 aromatic carbocycles. The molecule has 3 aromatic rings. The van der Waals surface area contributed by atoms with Gasteiger partial charge in [-0.3, -0.25) is 9.89 Å². The molecule has 2 N–H and O–H groups in total. The van der Waals surface area contributed by atoms with Gasteiger partial charge in [0.05, 0.1) is 17.2 Å². The van der Waals surface area contributed by atoms with Crippen molar-refractivity contribution in [3.63, 3.8) is 0 Å². The maximum Gasteiger partial charge on any atom is 0.270 e. The lowest BCUT2D eigenvalue weighted by atomic mass is 9.87. The number of nitrogens with one attached hydrogen (secondary N) is 2. The van der Waals surface area contributed by atoms with Crippen LogP contribution in [0.5, 0.6) is 0 Å². The van der Waals surface area contributed by atoms with E-state index >= 15 is 0 Å². The van der Waals surface area contributed by atoms with E-state index in [2.05, 4.69) is 15.5 Å². The maximum atomic E-state index is 12.6. The summed E-state index contributed by atoms with van der Waals surface area (Å²) < 4.78 is 0. The molecule has 2 aromatic heterocycles. The van der Waals surface area contributed by atoms with E-state index in [9.17, 15) is 4.79 Å². The highest BCUT2D eigenvalue weighted by molar-refractivity contribution is 6.09. The predicted octanol–water partition coefficient (Wildman–Crippen LogP) is 3.52. The highest BCUT2D eigenvalue weighted by Gasteiger charge is 2.28. The molecule has 1 saturated carbocycles. The van der Waals surface area contributed by atoms with Crippen LogP contribution >= 0.6 is 0 Å². The number of aryl methyl sites for hydroxylation is 1. The Morgan fingerprint density at radius 3 is 2.75 bits per heavy atom. The molecule has 24 heavy (non-hydrogen) atoms. The molecule has 0 unspecified atom stereocenters. The molecule has 0 bridgehead atoms. The fraction of sp³-hybridized carbons (Fsp3) is 0.421. The number of benzene rings is 1. The van der Waals surface area contributed by atoms with Crippen molar-refractivity contribution in [2.24, 2.45) is 0 Å². The van der Waals surface area contributed by atoms with Crippen LogP contribution in [0.1, 0.15) is 54.7 Å². The van der Waals surface area contributed by atoms with Crippen LogP contribution in [0, 0.1) is 0 Å². The Hall–Kier alpha value is -2.43. The monoisotopic (exact) mass is 322 g/mol. The van der Waals surface area contributed by atoms with Crippen molar-refractivity contribution in [3.05, 3.63) is 35.2 Å². The van der Waals surface area contributed by atoms with Gasteiger partial charge in [0.15, 0.2) is 0 Å². The minimum absolute atomic E-state index is 0. The fourth-order valence-electron chi connectivity index (χ4n) is 3.72. The molecule has 0 atom stereocenters. The standard InChI is InChI=1S/C18H18N4O.CH4/c23-18(20-10-5-6-10)17-12-4-2-1-3-11(12)16-13-9-19-22-14(13)7-8-15(16)21-17;/h7-10H,1-6H2,(H,19,22)(H,20,23);1H4. The minimum Gasteiger partial charge on any atom is -0.348 e. The summed E-state index contributed by atoms with van der Waals surface area (Å²) in [5.74, 6) is -0.000148. The Kier molecular flexibility index (Phi) is 3.52. The smallest absolute Gasteiger partial charge is 0.270 e. The third-order valence-electron chi connectivity index (χ3n) is 5.02. The summed E-state index contributed by atoms with van der Waals surface area (Å²) in [6.07, 6.45) is 8.32. The SMILES string of the molecule is C.O=C(NC1CC1)c1nc2ccc3[nH]ncc3c2c2c1CCCC2. The lowest BCUT2D eigenvalue weighted by molar-refractivity contribution is 0.0945. The average molecular weight is 322 g/mol. The zero-order valence-electron chi connectivity index (χ0n) is 12.9. The first-order valence-electron chi connectivity index (χ1n) is 8.39. The number of hydrogen-bond donors (Lipinski definition) is 2. The van der Waals surface area contributed by atoms with Gasteiger partial charge in [-0.1, -0.05) is 7.43 Å². The number of H-pyrrole nitrogens is 1. The maximum absolute atomic E-state index is 12.6. The van der Waals surface area contributed by atoms with Crippen LogP contribution in [0.25, 0.3) is 21.8 Å². The van der Waals surface area contributed by atoms with Gasteiger partial charge in [-0.05, 0) is 61.8 Å². The second kappa shape index (κ2) is 5.58. The molecule has 0 aliphatic heterocycles. The molecule has 5 nitrogen and oxygen atoms in total. The topological polar surface area (TPSA) is 70.7 Å². The second-order valence-corrected chi connectivity index (χ2v) is 6.66. The van der Waals surface area contributed by atoms with E-state index in [1.165, 1.54) is 17.4 Å². The summed E-state index contributed by atoms with van der Waals surface area (Å²) in [4.78, 5) is 17.4. The van der Waals surface area contributed by atoms with Gasteiger partial charge >= 0.3 is 0 Å². The van der Waals surface area contributed by atoms with Crippen LogP contribution in [0.4, 0.5) is 0 Å². The zero-order chi connectivity index (χ0) is 15.4. The molecule has 0 saturated heterocycles. The van der Waals surface area contributed by atoms with Crippen molar-refractivity contribution in [3.8, 4) is 0 Å². The Morgan fingerprint density at radius 2 is 1.96 bits per heavy atom. The van der Waals surface area contributed by atoms with Crippen LogP contribution < -0.4 is 5.32 Å². The fourth-order valence-corrected chi connectivity index (χ4v) is 3.72. The summed E-state index contributed by atoms with van der Waals surface area (Å²) in [6.45, 7) is 0. The van der Waals surface area contributed by atoms with Crippen molar-refractivity contribution in [1.29, 1.82) is 0 Å². The van der Waals surface area contributed by atoms with Crippen LogP contribution in [0.2, 0.25) is 0 Å². The quantitative estimate of drug-likeness (QED) is 0.758. The van der Waals surface area contributed by atoms with Crippen LogP contribution in [0.15, 0.2) is 18.3 Å². The van der Waals surface area contributed by atoms with Gasteiger partial charge in [-0.15, -0.1) is 0 Å². The number of nitrogens with zero attached hydrogens (tertiary/aromatic N) is 2. The number of hydrogen-bond acceptors (Lipinski definition) is 3.